The summed E-state index contributed by atoms with van der Waals surface area (Å²) in [5.74, 6) is -0.0145. The van der Waals surface area contributed by atoms with Crippen LogP contribution >= 0.6 is 0 Å². The van der Waals surface area contributed by atoms with Crippen LogP contribution in [0.2, 0.25) is 0 Å². The molecule has 0 saturated heterocycles. The molecule has 0 radical (unpaired) electrons. The van der Waals surface area contributed by atoms with Crippen molar-refractivity contribution in [2.75, 3.05) is 20.8 Å². The average Bonchev–Trinajstić information content (AvgIpc) is 3.01. The summed E-state index contributed by atoms with van der Waals surface area (Å²) in [5.41, 5.74) is 2.56. The van der Waals surface area contributed by atoms with Crippen LogP contribution in [0.5, 0.6) is 5.75 Å². The van der Waals surface area contributed by atoms with Gasteiger partial charge < -0.3 is 19.3 Å². The molecule has 0 spiro atoms. The molecule has 2 aromatic carbocycles. The maximum Gasteiger partial charge on any atom is 0.350 e. The summed E-state index contributed by atoms with van der Waals surface area (Å²) < 4.78 is 14.7. The summed E-state index contributed by atoms with van der Waals surface area (Å²) in [6.45, 7) is 23.9. The maximum atomic E-state index is 11.7. The summed E-state index contributed by atoms with van der Waals surface area (Å²) in [4.78, 5) is 11.7. The van der Waals surface area contributed by atoms with E-state index in [1.807, 2.05) is 71.9 Å². The van der Waals surface area contributed by atoms with Crippen LogP contribution in [0.15, 0.2) is 78.9 Å². The van der Waals surface area contributed by atoms with Crippen LogP contribution in [0, 0.1) is 6.92 Å². The predicted octanol–water partition coefficient (Wildman–Crippen LogP) is 9.90. The first-order valence-electron chi connectivity index (χ1n) is 15.4. The fourth-order valence-corrected chi connectivity index (χ4v) is 2.82. The molecular weight excluding hydrogens is 524 g/mol. The van der Waals surface area contributed by atoms with E-state index < -0.39 is 18.2 Å². The molecule has 1 aliphatic rings. The van der Waals surface area contributed by atoms with Gasteiger partial charge in [0, 0.05) is 14.2 Å². The SMILES string of the molecule is C1=CCCC=C1.CC.CC.CC.CCOC(=O)C(Oc1ccc(C(C)(C)C)cc1)C(C)O.COC.Cc1ccccc1. The number of benzene rings is 2. The molecule has 5 heteroatoms. The topological polar surface area (TPSA) is 65.0 Å². The number of allylic oxidation sites excluding steroid dienone is 4. The standard InChI is InChI=1S/C16H24O4.C7H8.C6H8.C2H6O.3C2H6/c1-6-19-15(18)14(11(2)17)20-13-9-7-12(8-10-13)16(3,4)5;1-7-5-3-2-4-6-7;1-2-4-6-5-3-1;1-3-2;3*1-2/h7-11,14,17H,6H2,1-5H3;2-6H,1H3;1-4H,5-6H2;1-2H3;3*1-2H3. The quantitative estimate of drug-likeness (QED) is 0.352. The van der Waals surface area contributed by atoms with Gasteiger partial charge in [-0.25, -0.2) is 4.79 Å². The summed E-state index contributed by atoms with van der Waals surface area (Å²) >= 11 is 0. The fraction of sp³-hybridized carbons (Fsp3) is 0.541. The van der Waals surface area contributed by atoms with Crippen molar-refractivity contribution in [1.29, 1.82) is 0 Å². The number of hydrogen-bond donors (Lipinski definition) is 1. The molecule has 1 aliphatic carbocycles. The van der Waals surface area contributed by atoms with Crippen LogP contribution in [-0.2, 0) is 19.7 Å². The van der Waals surface area contributed by atoms with Gasteiger partial charge in [0.25, 0.3) is 0 Å². The van der Waals surface area contributed by atoms with Gasteiger partial charge in [0.15, 0.2) is 0 Å². The Bertz CT molecular complexity index is 851. The van der Waals surface area contributed by atoms with Crippen LogP contribution in [0.3, 0.4) is 0 Å². The molecular formula is C37H64O5. The van der Waals surface area contributed by atoms with Crippen LogP contribution < -0.4 is 4.74 Å². The van der Waals surface area contributed by atoms with Gasteiger partial charge >= 0.3 is 5.97 Å². The molecule has 42 heavy (non-hydrogen) atoms. The predicted molar refractivity (Wildman–Crippen MR) is 184 cm³/mol. The van der Waals surface area contributed by atoms with E-state index in [0.717, 1.165) is 0 Å². The van der Waals surface area contributed by atoms with Gasteiger partial charge in [0.05, 0.1) is 12.7 Å². The number of aryl methyl sites for hydroxylation is 1. The van der Waals surface area contributed by atoms with Gasteiger partial charge in [-0.2, -0.15) is 0 Å². The summed E-state index contributed by atoms with van der Waals surface area (Å²) in [6.07, 6.45) is 9.06. The lowest BCUT2D eigenvalue weighted by molar-refractivity contribution is -0.156. The molecule has 3 rings (SSSR count). The van der Waals surface area contributed by atoms with Crippen molar-refractivity contribution >= 4 is 5.97 Å². The Morgan fingerprint density at radius 2 is 1.26 bits per heavy atom. The Morgan fingerprint density at radius 3 is 1.52 bits per heavy atom. The van der Waals surface area contributed by atoms with E-state index in [-0.39, 0.29) is 12.0 Å². The number of carbonyl (C=O) groups is 1. The molecule has 1 N–H and O–H groups in total. The molecule has 242 valence electrons. The number of hydrogen-bond acceptors (Lipinski definition) is 5. The van der Waals surface area contributed by atoms with Crippen molar-refractivity contribution in [2.45, 2.75) is 114 Å². The molecule has 0 aliphatic heterocycles. The lowest BCUT2D eigenvalue weighted by Crippen LogP contribution is -2.38. The number of esters is 1. The Hall–Kier alpha value is -2.89. The highest BCUT2D eigenvalue weighted by atomic mass is 16.6. The Morgan fingerprint density at radius 1 is 0.833 bits per heavy atom. The first kappa shape index (κ1) is 46.1. The van der Waals surface area contributed by atoms with E-state index in [4.69, 9.17) is 9.47 Å². The second-order valence-electron chi connectivity index (χ2n) is 9.30. The molecule has 0 aromatic heterocycles. The molecule has 0 bridgehead atoms. The minimum absolute atomic E-state index is 0.0589. The van der Waals surface area contributed by atoms with Crippen molar-refractivity contribution in [1.82, 2.24) is 0 Å². The van der Waals surface area contributed by atoms with Gasteiger partial charge in [0.1, 0.15) is 5.75 Å². The molecule has 2 aromatic rings. The molecule has 0 saturated carbocycles. The van der Waals surface area contributed by atoms with Gasteiger partial charge in [0.2, 0.25) is 6.10 Å². The highest BCUT2D eigenvalue weighted by Crippen LogP contribution is 2.25. The smallest absolute Gasteiger partial charge is 0.350 e. The van der Waals surface area contributed by atoms with Crippen LogP contribution in [0.1, 0.15) is 100 Å². The van der Waals surface area contributed by atoms with Gasteiger partial charge in [-0.15, -0.1) is 0 Å². The number of aliphatic hydroxyl groups is 1. The number of ether oxygens (including phenoxy) is 3. The van der Waals surface area contributed by atoms with E-state index in [1.165, 1.54) is 30.9 Å². The van der Waals surface area contributed by atoms with Crippen LogP contribution in [0.25, 0.3) is 0 Å². The number of carbonyl (C=O) groups excluding carboxylic acids is 1. The Kier molecular flexibility index (Phi) is 35.8. The zero-order valence-electron chi connectivity index (χ0n) is 29.4. The first-order valence-corrected chi connectivity index (χ1v) is 15.4. The van der Waals surface area contributed by atoms with E-state index in [1.54, 1.807) is 33.3 Å². The minimum atomic E-state index is -1.00. The minimum Gasteiger partial charge on any atom is -0.476 e. The zero-order chi connectivity index (χ0) is 33.4. The lowest BCUT2D eigenvalue weighted by atomic mass is 9.87. The molecule has 2 atom stereocenters. The van der Waals surface area contributed by atoms with Gasteiger partial charge in [-0.3, -0.25) is 0 Å². The highest BCUT2D eigenvalue weighted by molar-refractivity contribution is 5.75. The van der Waals surface area contributed by atoms with Gasteiger partial charge in [-0.1, -0.05) is 135 Å². The number of aliphatic hydroxyl groups excluding tert-OH is 1. The largest absolute Gasteiger partial charge is 0.476 e. The third-order valence-corrected chi connectivity index (χ3v) is 4.76. The second kappa shape index (κ2) is 32.6. The third-order valence-electron chi connectivity index (χ3n) is 4.76. The summed E-state index contributed by atoms with van der Waals surface area (Å²) in [7, 11) is 3.25. The molecule has 5 nitrogen and oxygen atoms in total. The lowest BCUT2D eigenvalue weighted by Gasteiger charge is -2.22. The van der Waals surface area contributed by atoms with Crippen molar-refractivity contribution in [3.8, 4) is 5.75 Å². The van der Waals surface area contributed by atoms with Crippen molar-refractivity contribution in [3.63, 3.8) is 0 Å². The van der Waals surface area contributed by atoms with E-state index in [2.05, 4.69) is 68.9 Å². The van der Waals surface area contributed by atoms with Crippen molar-refractivity contribution in [2.24, 2.45) is 0 Å². The summed E-state index contributed by atoms with van der Waals surface area (Å²) in [6, 6.07) is 17.8. The second-order valence-corrected chi connectivity index (χ2v) is 9.30. The van der Waals surface area contributed by atoms with Crippen LogP contribution in [-0.4, -0.2) is 44.1 Å². The van der Waals surface area contributed by atoms with Crippen LogP contribution in [0.4, 0.5) is 0 Å². The summed E-state index contributed by atoms with van der Waals surface area (Å²) in [5, 5.41) is 9.63. The van der Waals surface area contributed by atoms with Crippen molar-refractivity contribution < 1.29 is 24.1 Å². The average molecular weight is 589 g/mol. The third kappa shape index (κ3) is 27.3. The van der Waals surface area contributed by atoms with E-state index >= 15 is 0 Å². The van der Waals surface area contributed by atoms with Gasteiger partial charge in [-0.05, 0) is 56.7 Å². The first-order chi connectivity index (χ1) is 20.1. The monoisotopic (exact) mass is 588 g/mol. The van der Waals surface area contributed by atoms with E-state index in [0.29, 0.717) is 5.75 Å². The normalized spacial score (nSPS) is 11.9. The Labute approximate surface area is 260 Å². The van der Waals surface area contributed by atoms with E-state index in [9.17, 15) is 9.90 Å². The van der Waals surface area contributed by atoms with Crippen molar-refractivity contribution in [3.05, 3.63) is 90.0 Å². The number of methoxy groups -OCH3 is 1. The zero-order valence-corrected chi connectivity index (χ0v) is 29.4. The maximum absolute atomic E-state index is 11.7. The molecule has 0 fully saturated rings. The fourth-order valence-electron chi connectivity index (χ4n) is 2.82. The molecule has 2 unspecified atom stereocenters. The Balaban J connectivity index is -0.000000266. The molecule has 0 heterocycles. The number of rotatable bonds is 5. The highest BCUT2D eigenvalue weighted by Gasteiger charge is 2.27. The molecule has 0 amide bonds.